The smallest absolute Gasteiger partial charge is 0.178 e. The number of H-pyrrole nitrogens is 1. The van der Waals surface area contributed by atoms with Crippen LogP contribution in [0, 0.1) is 19.7 Å². The van der Waals surface area contributed by atoms with Crippen LogP contribution in [0.25, 0.3) is 22.6 Å². The molecule has 1 aromatic carbocycles. The normalized spacial score (nSPS) is 11.1. The van der Waals surface area contributed by atoms with Gasteiger partial charge in [-0.1, -0.05) is 0 Å². The monoisotopic (exact) mass is 241 g/mol. The number of hydrogen-bond donors (Lipinski definition) is 1. The number of aromatic nitrogens is 3. The zero-order chi connectivity index (χ0) is 12.7. The predicted molar refractivity (Wildman–Crippen MR) is 68.8 cm³/mol. The van der Waals surface area contributed by atoms with E-state index >= 15 is 0 Å². The van der Waals surface area contributed by atoms with E-state index < -0.39 is 0 Å². The van der Waals surface area contributed by atoms with Crippen molar-refractivity contribution in [2.45, 2.75) is 13.8 Å². The molecule has 0 bridgehead atoms. The fourth-order valence-corrected chi connectivity index (χ4v) is 2.00. The maximum atomic E-state index is 13.4. The number of aromatic amines is 1. The first-order valence-electron chi connectivity index (χ1n) is 5.73. The lowest BCUT2D eigenvalue weighted by atomic mass is 10.1. The minimum absolute atomic E-state index is 0.255. The van der Waals surface area contributed by atoms with E-state index in [-0.39, 0.29) is 5.82 Å². The first-order chi connectivity index (χ1) is 8.61. The summed E-state index contributed by atoms with van der Waals surface area (Å²) in [5.74, 6) is 0.389. The minimum Gasteiger partial charge on any atom is -0.337 e. The number of nitrogens with zero attached hydrogens (tertiary/aromatic N) is 2. The van der Waals surface area contributed by atoms with Gasteiger partial charge in [0.25, 0.3) is 0 Å². The average Bonchev–Trinajstić information content (AvgIpc) is 2.70. The summed E-state index contributed by atoms with van der Waals surface area (Å²) < 4.78 is 13.4. The standard InChI is InChI=1S/C14H12FN3/c1-8-5-10(7-11(15)6-8)13-17-12-4-3-9(2)16-14(12)18-13/h3-7H,1-2H3,(H,16,17,18). The van der Waals surface area contributed by atoms with Gasteiger partial charge in [0.2, 0.25) is 0 Å². The third-order valence-corrected chi connectivity index (χ3v) is 2.80. The van der Waals surface area contributed by atoms with Crippen LogP contribution in [0.3, 0.4) is 0 Å². The number of aryl methyl sites for hydroxylation is 2. The van der Waals surface area contributed by atoms with Gasteiger partial charge in [-0.05, 0) is 49.7 Å². The van der Waals surface area contributed by atoms with Crippen LogP contribution in [-0.2, 0) is 0 Å². The Kier molecular flexibility index (Phi) is 2.37. The minimum atomic E-state index is -0.255. The highest BCUT2D eigenvalue weighted by Crippen LogP contribution is 2.21. The lowest BCUT2D eigenvalue weighted by molar-refractivity contribution is 0.627. The molecule has 3 rings (SSSR count). The van der Waals surface area contributed by atoms with Gasteiger partial charge in [0, 0.05) is 11.3 Å². The fraction of sp³-hybridized carbons (Fsp3) is 0.143. The van der Waals surface area contributed by atoms with Gasteiger partial charge in [0.15, 0.2) is 5.65 Å². The van der Waals surface area contributed by atoms with E-state index in [1.54, 1.807) is 0 Å². The number of hydrogen-bond acceptors (Lipinski definition) is 2. The van der Waals surface area contributed by atoms with E-state index in [2.05, 4.69) is 15.0 Å². The van der Waals surface area contributed by atoms with Gasteiger partial charge < -0.3 is 4.98 Å². The molecule has 0 unspecified atom stereocenters. The molecule has 4 heteroatoms. The molecule has 0 radical (unpaired) electrons. The molecule has 0 aliphatic carbocycles. The number of halogens is 1. The van der Waals surface area contributed by atoms with E-state index in [1.807, 2.05) is 32.0 Å². The van der Waals surface area contributed by atoms with Crippen LogP contribution < -0.4 is 0 Å². The Morgan fingerprint density at radius 2 is 1.89 bits per heavy atom. The van der Waals surface area contributed by atoms with Crippen molar-refractivity contribution in [3.05, 3.63) is 47.4 Å². The molecule has 3 nitrogen and oxygen atoms in total. The number of nitrogens with one attached hydrogen (secondary N) is 1. The molecule has 3 aromatic rings. The summed E-state index contributed by atoms with van der Waals surface area (Å²) >= 11 is 0. The van der Waals surface area contributed by atoms with Gasteiger partial charge in [0.1, 0.15) is 11.6 Å². The predicted octanol–water partition coefficient (Wildman–Crippen LogP) is 3.38. The van der Waals surface area contributed by atoms with Crippen LogP contribution in [-0.4, -0.2) is 15.0 Å². The second kappa shape index (κ2) is 3.91. The Bertz CT molecular complexity index is 711. The molecule has 18 heavy (non-hydrogen) atoms. The van der Waals surface area contributed by atoms with Crippen molar-refractivity contribution in [1.82, 2.24) is 15.0 Å². The number of pyridine rings is 1. The van der Waals surface area contributed by atoms with Gasteiger partial charge in [-0.15, -0.1) is 0 Å². The highest BCUT2D eigenvalue weighted by atomic mass is 19.1. The largest absolute Gasteiger partial charge is 0.337 e. The highest BCUT2D eigenvalue weighted by molar-refractivity contribution is 5.76. The molecule has 0 saturated heterocycles. The summed E-state index contributed by atoms with van der Waals surface area (Å²) in [5, 5.41) is 0. The second-order valence-corrected chi connectivity index (χ2v) is 4.43. The van der Waals surface area contributed by atoms with Gasteiger partial charge in [-0.2, -0.15) is 0 Å². The Hall–Kier alpha value is -2.23. The number of imidazole rings is 1. The zero-order valence-corrected chi connectivity index (χ0v) is 10.2. The molecule has 0 aliphatic heterocycles. The van der Waals surface area contributed by atoms with E-state index in [0.29, 0.717) is 11.5 Å². The fourth-order valence-electron chi connectivity index (χ4n) is 2.00. The van der Waals surface area contributed by atoms with E-state index in [1.165, 1.54) is 12.1 Å². The molecule has 0 atom stereocenters. The summed E-state index contributed by atoms with van der Waals surface area (Å²) in [6, 6.07) is 8.71. The van der Waals surface area contributed by atoms with Crippen LogP contribution in [0.2, 0.25) is 0 Å². The van der Waals surface area contributed by atoms with E-state index in [9.17, 15) is 4.39 Å². The molecule has 0 amide bonds. The van der Waals surface area contributed by atoms with E-state index in [4.69, 9.17) is 0 Å². The van der Waals surface area contributed by atoms with Crippen molar-refractivity contribution in [3.63, 3.8) is 0 Å². The van der Waals surface area contributed by atoms with Crippen LogP contribution >= 0.6 is 0 Å². The second-order valence-electron chi connectivity index (χ2n) is 4.43. The van der Waals surface area contributed by atoms with Gasteiger partial charge in [-0.3, -0.25) is 0 Å². The third-order valence-electron chi connectivity index (χ3n) is 2.80. The maximum Gasteiger partial charge on any atom is 0.178 e. The summed E-state index contributed by atoms with van der Waals surface area (Å²) in [7, 11) is 0. The summed E-state index contributed by atoms with van der Waals surface area (Å²) in [6.45, 7) is 3.78. The van der Waals surface area contributed by atoms with Gasteiger partial charge in [-0.25, -0.2) is 14.4 Å². The van der Waals surface area contributed by atoms with Crippen LogP contribution in [0.4, 0.5) is 4.39 Å². The molecule has 0 spiro atoms. The van der Waals surface area contributed by atoms with Crippen LogP contribution in [0.15, 0.2) is 30.3 Å². The molecule has 2 heterocycles. The van der Waals surface area contributed by atoms with Gasteiger partial charge in [0.05, 0.1) is 5.52 Å². The number of rotatable bonds is 1. The maximum absolute atomic E-state index is 13.4. The lowest BCUT2D eigenvalue weighted by Gasteiger charge is -1.99. The molecular weight excluding hydrogens is 229 g/mol. The van der Waals surface area contributed by atoms with Crippen molar-refractivity contribution >= 4 is 11.2 Å². The number of fused-ring (bicyclic) bond motifs is 1. The van der Waals surface area contributed by atoms with Gasteiger partial charge >= 0.3 is 0 Å². The highest BCUT2D eigenvalue weighted by Gasteiger charge is 2.08. The van der Waals surface area contributed by atoms with Crippen LogP contribution in [0.5, 0.6) is 0 Å². The van der Waals surface area contributed by atoms with Crippen LogP contribution in [0.1, 0.15) is 11.3 Å². The molecule has 0 saturated carbocycles. The molecule has 1 N–H and O–H groups in total. The topological polar surface area (TPSA) is 41.6 Å². The Morgan fingerprint density at radius 1 is 1.06 bits per heavy atom. The summed E-state index contributed by atoms with van der Waals surface area (Å²) in [5.41, 5.74) is 4.04. The van der Waals surface area contributed by atoms with Crippen molar-refractivity contribution in [3.8, 4) is 11.4 Å². The first kappa shape index (κ1) is 10.9. The average molecular weight is 241 g/mol. The SMILES string of the molecule is Cc1cc(F)cc(-c2nc3nc(C)ccc3[nH]2)c1. The number of benzene rings is 1. The Balaban J connectivity index is 2.19. The molecule has 0 aliphatic rings. The summed E-state index contributed by atoms with van der Waals surface area (Å²) in [4.78, 5) is 11.9. The molecule has 0 fully saturated rings. The van der Waals surface area contributed by atoms with Crippen molar-refractivity contribution < 1.29 is 4.39 Å². The molecular formula is C14H12FN3. The zero-order valence-electron chi connectivity index (χ0n) is 10.2. The van der Waals surface area contributed by atoms with Crippen molar-refractivity contribution in [2.24, 2.45) is 0 Å². The third kappa shape index (κ3) is 1.86. The van der Waals surface area contributed by atoms with Crippen molar-refractivity contribution in [1.29, 1.82) is 0 Å². The Labute approximate surface area is 104 Å². The first-order valence-corrected chi connectivity index (χ1v) is 5.73. The van der Waals surface area contributed by atoms with Crippen molar-refractivity contribution in [2.75, 3.05) is 0 Å². The molecule has 90 valence electrons. The van der Waals surface area contributed by atoms with E-state index in [0.717, 1.165) is 22.3 Å². The summed E-state index contributed by atoms with van der Waals surface area (Å²) in [6.07, 6.45) is 0. The molecule has 2 aromatic heterocycles. The quantitative estimate of drug-likeness (QED) is 0.709. The lowest BCUT2D eigenvalue weighted by Crippen LogP contribution is -1.85. The Morgan fingerprint density at radius 3 is 2.67 bits per heavy atom.